The molecule has 4 aliphatic rings. The van der Waals surface area contributed by atoms with Gasteiger partial charge in [0.05, 0.1) is 0 Å². The number of hydrogen-bond donors (Lipinski definition) is 1. The molecular formula is C20H27ClN2O3. The van der Waals surface area contributed by atoms with Gasteiger partial charge in [-0.2, -0.15) is 0 Å². The molecule has 0 radical (unpaired) electrons. The first kappa shape index (κ1) is 17.9. The van der Waals surface area contributed by atoms with Crippen LogP contribution in [-0.4, -0.2) is 46.9 Å². The van der Waals surface area contributed by atoms with Crippen molar-refractivity contribution < 1.29 is 14.3 Å². The summed E-state index contributed by atoms with van der Waals surface area (Å²) in [7, 11) is 0. The normalized spacial score (nSPS) is 33.2. The fourth-order valence-electron chi connectivity index (χ4n) is 4.68. The summed E-state index contributed by atoms with van der Waals surface area (Å²) in [5, 5.41) is 3.81. The zero-order valence-electron chi connectivity index (χ0n) is 15.7. The first-order valence-corrected chi connectivity index (χ1v) is 9.73. The first-order valence-electron chi connectivity index (χ1n) is 9.36. The summed E-state index contributed by atoms with van der Waals surface area (Å²) in [5.74, 6) is 0.877. The van der Waals surface area contributed by atoms with Crippen LogP contribution in [0.25, 0.3) is 0 Å². The van der Waals surface area contributed by atoms with Gasteiger partial charge in [-0.1, -0.05) is 11.6 Å². The van der Waals surface area contributed by atoms with Crippen molar-refractivity contribution in [3.63, 3.8) is 0 Å². The topological polar surface area (TPSA) is 50.8 Å². The fourth-order valence-corrected chi connectivity index (χ4v) is 4.81. The summed E-state index contributed by atoms with van der Waals surface area (Å²) in [5.41, 5.74) is -0.239. The van der Waals surface area contributed by atoms with E-state index >= 15 is 0 Å². The quantitative estimate of drug-likeness (QED) is 0.860. The van der Waals surface area contributed by atoms with Crippen LogP contribution in [0.15, 0.2) is 24.3 Å². The molecule has 5 nitrogen and oxygen atoms in total. The third kappa shape index (κ3) is 3.39. The number of hydrogen-bond acceptors (Lipinski definition) is 4. The minimum absolute atomic E-state index is 0.0442. The molecule has 0 spiro atoms. The number of rotatable bonds is 4. The molecule has 26 heavy (non-hydrogen) atoms. The van der Waals surface area contributed by atoms with Crippen molar-refractivity contribution in [3.05, 3.63) is 29.3 Å². The van der Waals surface area contributed by atoms with Crippen LogP contribution in [0.1, 0.15) is 46.5 Å². The molecule has 6 heteroatoms. The molecule has 0 aromatic heterocycles. The zero-order valence-corrected chi connectivity index (χ0v) is 16.4. The van der Waals surface area contributed by atoms with Crippen molar-refractivity contribution >= 4 is 17.7 Å². The smallest absolute Gasteiger partial charge is 0.408 e. The molecule has 3 saturated carbocycles. The Morgan fingerprint density at radius 3 is 2.50 bits per heavy atom. The summed E-state index contributed by atoms with van der Waals surface area (Å²) in [6.07, 6.45) is 4.03. The van der Waals surface area contributed by atoms with Crippen molar-refractivity contribution in [1.29, 1.82) is 0 Å². The summed E-state index contributed by atoms with van der Waals surface area (Å²) < 4.78 is 11.5. The second-order valence-corrected chi connectivity index (χ2v) is 9.53. The Labute approximate surface area is 160 Å². The van der Waals surface area contributed by atoms with Crippen LogP contribution in [-0.2, 0) is 4.74 Å². The van der Waals surface area contributed by atoms with Gasteiger partial charge in [0, 0.05) is 29.2 Å². The standard InChI is InChI=1S/C20H27ClN2O3/c1-18(2,3)26-17(24)22-19-11-20(12-19,13-19)23-9-8-16(10-23)25-15-6-4-14(21)5-7-15/h4-7,16H,8-13H2,1-3H3,(H,22,24). The average Bonchev–Trinajstić information content (AvgIpc) is 2.90. The van der Waals surface area contributed by atoms with E-state index in [1.54, 1.807) is 0 Å². The lowest BCUT2D eigenvalue weighted by Crippen LogP contribution is -2.83. The summed E-state index contributed by atoms with van der Waals surface area (Å²) in [6.45, 7) is 7.68. The van der Waals surface area contributed by atoms with Gasteiger partial charge in [-0.3, -0.25) is 4.90 Å². The van der Waals surface area contributed by atoms with Crippen LogP contribution in [0.5, 0.6) is 5.75 Å². The Kier molecular flexibility index (Phi) is 4.16. The van der Waals surface area contributed by atoms with Crippen LogP contribution in [0.3, 0.4) is 0 Å². The van der Waals surface area contributed by atoms with Gasteiger partial charge in [0.25, 0.3) is 0 Å². The Hall–Kier alpha value is -1.46. The number of nitrogens with one attached hydrogen (secondary N) is 1. The third-order valence-corrected chi connectivity index (χ3v) is 5.95. The number of amides is 1. The van der Waals surface area contributed by atoms with Gasteiger partial charge in [0.15, 0.2) is 0 Å². The number of ether oxygens (including phenoxy) is 2. The first-order chi connectivity index (χ1) is 12.2. The van der Waals surface area contributed by atoms with Crippen molar-refractivity contribution in [3.8, 4) is 5.75 Å². The molecule has 1 amide bonds. The number of carbonyl (C=O) groups excluding carboxylic acids is 1. The molecule has 1 atom stereocenters. The average molecular weight is 379 g/mol. The number of benzene rings is 1. The van der Waals surface area contributed by atoms with Crippen LogP contribution in [0.2, 0.25) is 5.02 Å². The number of halogens is 1. The Bertz CT molecular complexity index is 678. The highest BCUT2D eigenvalue weighted by atomic mass is 35.5. The highest BCUT2D eigenvalue weighted by molar-refractivity contribution is 6.30. The second-order valence-electron chi connectivity index (χ2n) is 9.09. The molecule has 1 saturated heterocycles. The van der Waals surface area contributed by atoms with E-state index in [4.69, 9.17) is 21.1 Å². The highest BCUT2D eigenvalue weighted by Gasteiger charge is 2.71. The molecule has 3 aliphatic carbocycles. The van der Waals surface area contributed by atoms with Crippen LogP contribution in [0.4, 0.5) is 4.79 Å². The van der Waals surface area contributed by atoms with E-state index < -0.39 is 5.60 Å². The number of carbonyl (C=O) groups is 1. The maximum Gasteiger partial charge on any atom is 0.408 e. The van der Waals surface area contributed by atoms with Crippen LogP contribution in [0, 0.1) is 0 Å². The fraction of sp³-hybridized carbons (Fsp3) is 0.650. The Morgan fingerprint density at radius 2 is 1.88 bits per heavy atom. The molecule has 1 unspecified atom stereocenters. The van der Waals surface area contributed by atoms with Gasteiger partial charge >= 0.3 is 6.09 Å². The number of nitrogens with zero attached hydrogens (tertiary/aromatic N) is 1. The summed E-state index contributed by atoms with van der Waals surface area (Å²) >= 11 is 5.92. The van der Waals surface area contributed by atoms with Crippen molar-refractivity contribution in [2.45, 2.75) is 69.2 Å². The van der Waals surface area contributed by atoms with Crippen LogP contribution >= 0.6 is 11.6 Å². The van der Waals surface area contributed by atoms with Gasteiger partial charge < -0.3 is 14.8 Å². The Morgan fingerprint density at radius 1 is 1.23 bits per heavy atom. The van der Waals surface area contributed by atoms with E-state index in [-0.39, 0.29) is 23.3 Å². The summed E-state index contributed by atoms with van der Waals surface area (Å²) in [6, 6.07) is 7.56. The van der Waals surface area contributed by atoms with Gasteiger partial charge in [-0.05, 0) is 70.7 Å². The molecule has 142 valence electrons. The zero-order chi connectivity index (χ0) is 18.6. The van der Waals surface area contributed by atoms with Gasteiger partial charge in [-0.15, -0.1) is 0 Å². The number of likely N-dealkylation sites (tertiary alicyclic amines) is 1. The predicted octanol–water partition coefficient (Wildman–Crippen LogP) is 3.99. The Balaban J connectivity index is 1.25. The molecule has 1 N–H and O–H groups in total. The molecule has 4 fully saturated rings. The molecule has 5 rings (SSSR count). The minimum atomic E-state index is -0.452. The van der Waals surface area contributed by atoms with Crippen molar-refractivity contribution in [2.75, 3.05) is 13.1 Å². The van der Waals surface area contributed by atoms with E-state index in [0.717, 1.165) is 49.5 Å². The van der Waals surface area contributed by atoms with Gasteiger partial charge in [0.1, 0.15) is 17.5 Å². The summed E-state index contributed by atoms with van der Waals surface area (Å²) in [4.78, 5) is 14.6. The second kappa shape index (κ2) is 6.03. The van der Waals surface area contributed by atoms with Crippen molar-refractivity contribution in [1.82, 2.24) is 10.2 Å². The molecular weight excluding hydrogens is 352 g/mol. The number of alkyl carbamates (subject to hydrolysis) is 1. The molecule has 1 aliphatic heterocycles. The maximum atomic E-state index is 12.0. The molecule has 1 heterocycles. The lowest BCUT2D eigenvalue weighted by Gasteiger charge is -2.73. The third-order valence-electron chi connectivity index (χ3n) is 5.70. The van der Waals surface area contributed by atoms with E-state index in [2.05, 4.69) is 10.2 Å². The van der Waals surface area contributed by atoms with Crippen molar-refractivity contribution in [2.24, 2.45) is 0 Å². The molecule has 1 aromatic rings. The predicted molar refractivity (Wildman–Crippen MR) is 101 cm³/mol. The molecule has 2 bridgehead atoms. The van der Waals surface area contributed by atoms with Gasteiger partial charge in [0.2, 0.25) is 0 Å². The highest BCUT2D eigenvalue weighted by Crippen LogP contribution is 2.64. The largest absolute Gasteiger partial charge is 0.489 e. The van der Waals surface area contributed by atoms with Gasteiger partial charge in [-0.25, -0.2) is 4.79 Å². The van der Waals surface area contributed by atoms with E-state index in [9.17, 15) is 4.79 Å². The monoisotopic (exact) mass is 378 g/mol. The van der Waals surface area contributed by atoms with E-state index in [1.165, 1.54) is 0 Å². The SMILES string of the molecule is CC(C)(C)OC(=O)NC12CC(N3CCC(Oc4ccc(Cl)cc4)C3)(C1)C2. The maximum absolute atomic E-state index is 12.0. The van der Waals surface area contributed by atoms with Crippen LogP contribution < -0.4 is 10.1 Å². The molecule has 1 aromatic carbocycles. The minimum Gasteiger partial charge on any atom is -0.489 e. The van der Waals surface area contributed by atoms with E-state index in [0.29, 0.717) is 0 Å². The lowest BCUT2D eigenvalue weighted by atomic mass is 9.43. The van der Waals surface area contributed by atoms with E-state index in [1.807, 2.05) is 45.0 Å². The lowest BCUT2D eigenvalue weighted by molar-refractivity contribution is -0.171.